The third-order valence-corrected chi connectivity index (χ3v) is 5.78. The fourth-order valence-electron chi connectivity index (χ4n) is 1.41. The van der Waals surface area contributed by atoms with Gasteiger partial charge in [0.15, 0.2) is 0 Å². The van der Waals surface area contributed by atoms with Gasteiger partial charge in [0.2, 0.25) is 0 Å². The molecule has 0 amide bonds. The second-order valence-electron chi connectivity index (χ2n) is 3.64. The van der Waals surface area contributed by atoms with Gasteiger partial charge in [-0.15, -0.1) is 22.7 Å². The third kappa shape index (κ3) is 2.85. The second-order valence-corrected chi connectivity index (χ2v) is 7.25. The van der Waals surface area contributed by atoms with E-state index in [2.05, 4.69) is 31.0 Å². The Bertz CT molecular complexity index is 434. The lowest BCUT2D eigenvalue weighted by Crippen LogP contribution is -2.21. The normalized spacial score (nSPS) is 14.9. The van der Waals surface area contributed by atoms with Crippen LogP contribution in [0, 0.1) is 6.92 Å². The topological polar surface area (TPSA) is 38.9 Å². The monoisotopic (exact) mass is 270 g/mol. The van der Waals surface area contributed by atoms with Crippen LogP contribution in [-0.2, 0) is 0 Å². The van der Waals surface area contributed by atoms with Gasteiger partial charge in [0, 0.05) is 27.4 Å². The first kappa shape index (κ1) is 12.1. The van der Waals surface area contributed by atoms with Crippen LogP contribution in [0.15, 0.2) is 28.0 Å². The zero-order valence-electron chi connectivity index (χ0n) is 9.21. The van der Waals surface area contributed by atoms with Gasteiger partial charge in [-0.3, -0.25) is 0 Å². The molecule has 0 aliphatic rings. The number of thioether (sulfide) groups is 1. The van der Waals surface area contributed by atoms with Crippen LogP contribution in [0.4, 0.5) is 0 Å². The maximum absolute atomic E-state index is 6.06. The number of nitrogens with two attached hydrogens (primary N) is 1. The molecule has 0 fully saturated rings. The minimum atomic E-state index is 0.131. The fraction of sp³-hybridized carbons (Fsp3) is 0.364. The van der Waals surface area contributed by atoms with Crippen LogP contribution in [0.2, 0.25) is 0 Å². The Morgan fingerprint density at radius 1 is 1.44 bits per heavy atom. The molecule has 5 heteroatoms. The Balaban J connectivity index is 2.18. The van der Waals surface area contributed by atoms with Gasteiger partial charge in [0.25, 0.3) is 0 Å². The van der Waals surface area contributed by atoms with Crippen molar-refractivity contribution in [3.8, 4) is 0 Å². The van der Waals surface area contributed by atoms with Crippen molar-refractivity contribution in [2.24, 2.45) is 5.73 Å². The molecule has 0 bridgehead atoms. The molecule has 2 rings (SSSR count). The van der Waals surface area contributed by atoms with Gasteiger partial charge in [-0.1, -0.05) is 11.8 Å². The maximum atomic E-state index is 6.06. The first-order valence-corrected chi connectivity index (χ1v) is 7.62. The standard InChI is InChI=1S/C11H14N2S3/c1-7-3-4-9(15-7)10(8(2)12)16-11-13-5-6-14-11/h3-6,8,10H,12H2,1-2H3. The molecule has 0 aliphatic heterocycles. The highest BCUT2D eigenvalue weighted by molar-refractivity contribution is 8.01. The number of aryl methyl sites for hydroxylation is 1. The minimum Gasteiger partial charge on any atom is -0.327 e. The zero-order chi connectivity index (χ0) is 11.5. The van der Waals surface area contributed by atoms with Gasteiger partial charge in [0.1, 0.15) is 4.34 Å². The van der Waals surface area contributed by atoms with E-state index in [-0.39, 0.29) is 6.04 Å². The summed E-state index contributed by atoms with van der Waals surface area (Å²) in [5.41, 5.74) is 6.06. The van der Waals surface area contributed by atoms with Crippen LogP contribution in [0.3, 0.4) is 0 Å². The van der Waals surface area contributed by atoms with Crippen molar-refractivity contribution in [3.05, 3.63) is 33.5 Å². The number of thiazole rings is 1. The van der Waals surface area contributed by atoms with Crippen LogP contribution in [0.25, 0.3) is 0 Å². The molecule has 0 saturated carbocycles. The summed E-state index contributed by atoms with van der Waals surface area (Å²) in [7, 11) is 0. The van der Waals surface area contributed by atoms with Crippen molar-refractivity contribution in [1.29, 1.82) is 0 Å². The van der Waals surface area contributed by atoms with Crippen LogP contribution in [0.5, 0.6) is 0 Å². The Kier molecular flexibility index (Phi) is 4.02. The summed E-state index contributed by atoms with van der Waals surface area (Å²) < 4.78 is 1.09. The van der Waals surface area contributed by atoms with E-state index in [1.54, 1.807) is 23.1 Å². The average molecular weight is 270 g/mol. The summed E-state index contributed by atoms with van der Waals surface area (Å²) in [5, 5.41) is 2.31. The molecule has 16 heavy (non-hydrogen) atoms. The van der Waals surface area contributed by atoms with Crippen LogP contribution in [-0.4, -0.2) is 11.0 Å². The molecule has 2 atom stereocenters. The smallest absolute Gasteiger partial charge is 0.150 e. The van der Waals surface area contributed by atoms with Crippen molar-refractivity contribution in [3.63, 3.8) is 0 Å². The van der Waals surface area contributed by atoms with E-state index in [9.17, 15) is 0 Å². The molecule has 2 N–H and O–H groups in total. The molecule has 0 aromatic carbocycles. The van der Waals surface area contributed by atoms with E-state index in [0.29, 0.717) is 5.25 Å². The Morgan fingerprint density at radius 2 is 2.25 bits per heavy atom. The molecule has 86 valence electrons. The van der Waals surface area contributed by atoms with E-state index in [1.165, 1.54) is 9.75 Å². The Morgan fingerprint density at radius 3 is 2.75 bits per heavy atom. The average Bonchev–Trinajstić information content (AvgIpc) is 2.84. The fourth-order valence-corrected chi connectivity index (χ4v) is 4.48. The van der Waals surface area contributed by atoms with Gasteiger partial charge in [-0.25, -0.2) is 4.98 Å². The van der Waals surface area contributed by atoms with Crippen LogP contribution >= 0.6 is 34.4 Å². The molecule has 0 radical (unpaired) electrons. The molecule has 0 aliphatic carbocycles. The van der Waals surface area contributed by atoms with Crippen molar-refractivity contribution in [1.82, 2.24) is 4.98 Å². The van der Waals surface area contributed by atoms with Gasteiger partial charge in [-0.05, 0) is 26.0 Å². The zero-order valence-corrected chi connectivity index (χ0v) is 11.7. The van der Waals surface area contributed by atoms with Gasteiger partial charge >= 0.3 is 0 Å². The Labute approximate surface area is 108 Å². The van der Waals surface area contributed by atoms with Crippen molar-refractivity contribution in [2.45, 2.75) is 29.5 Å². The van der Waals surface area contributed by atoms with Crippen molar-refractivity contribution < 1.29 is 0 Å². The molecular weight excluding hydrogens is 256 g/mol. The lowest BCUT2D eigenvalue weighted by molar-refractivity contribution is 0.729. The number of thiophene rings is 1. The highest BCUT2D eigenvalue weighted by Crippen LogP contribution is 2.40. The van der Waals surface area contributed by atoms with E-state index in [1.807, 2.05) is 22.9 Å². The number of nitrogens with zero attached hydrogens (tertiary/aromatic N) is 1. The number of hydrogen-bond donors (Lipinski definition) is 1. The SMILES string of the molecule is Cc1ccc(C(Sc2nccs2)C(C)N)s1. The van der Waals surface area contributed by atoms with Crippen molar-refractivity contribution in [2.75, 3.05) is 0 Å². The van der Waals surface area contributed by atoms with E-state index in [4.69, 9.17) is 5.73 Å². The first-order chi connectivity index (χ1) is 7.66. The molecular formula is C11H14N2S3. The highest BCUT2D eigenvalue weighted by Gasteiger charge is 2.20. The Hall–Kier alpha value is -0.360. The first-order valence-electron chi connectivity index (χ1n) is 5.05. The number of hydrogen-bond acceptors (Lipinski definition) is 5. The lowest BCUT2D eigenvalue weighted by Gasteiger charge is -2.17. The third-order valence-electron chi connectivity index (χ3n) is 2.16. The maximum Gasteiger partial charge on any atom is 0.150 e. The summed E-state index contributed by atoms with van der Waals surface area (Å²) in [6.45, 7) is 4.18. The number of aromatic nitrogens is 1. The second kappa shape index (κ2) is 5.31. The summed E-state index contributed by atoms with van der Waals surface area (Å²) in [6, 6.07) is 4.46. The van der Waals surface area contributed by atoms with Gasteiger partial charge in [0.05, 0.1) is 5.25 Å². The molecule has 2 aromatic heterocycles. The van der Waals surface area contributed by atoms with E-state index < -0.39 is 0 Å². The highest BCUT2D eigenvalue weighted by atomic mass is 32.2. The van der Waals surface area contributed by atoms with Gasteiger partial charge in [-0.2, -0.15) is 0 Å². The number of rotatable bonds is 4. The molecule has 2 nitrogen and oxygen atoms in total. The largest absolute Gasteiger partial charge is 0.327 e. The van der Waals surface area contributed by atoms with Crippen LogP contribution in [0.1, 0.15) is 21.9 Å². The van der Waals surface area contributed by atoms with Gasteiger partial charge < -0.3 is 5.73 Å². The quantitative estimate of drug-likeness (QED) is 0.861. The van der Waals surface area contributed by atoms with Crippen LogP contribution < -0.4 is 5.73 Å². The predicted molar refractivity (Wildman–Crippen MR) is 73.4 cm³/mol. The molecule has 2 unspecified atom stereocenters. The summed E-state index contributed by atoms with van der Waals surface area (Å²) >= 11 is 5.26. The molecule has 2 aromatic rings. The lowest BCUT2D eigenvalue weighted by atomic mass is 10.2. The van der Waals surface area contributed by atoms with E-state index in [0.717, 1.165) is 4.34 Å². The predicted octanol–water partition coefficient (Wildman–Crippen LogP) is 3.69. The molecule has 2 heterocycles. The summed E-state index contributed by atoms with van der Waals surface area (Å²) in [4.78, 5) is 6.98. The van der Waals surface area contributed by atoms with E-state index >= 15 is 0 Å². The minimum absolute atomic E-state index is 0.131. The molecule has 0 saturated heterocycles. The van der Waals surface area contributed by atoms with Crippen molar-refractivity contribution >= 4 is 34.4 Å². The molecule has 0 spiro atoms. The summed E-state index contributed by atoms with van der Waals surface area (Å²) in [5.74, 6) is 0. The summed E-state index contributed by atoms with van der Waals surface area (Å²) in [6.07, 6.45) is 1.84.